The van der Waals surface area contributed by atoms with Crippen LogP contribution in [0.4, 0.5) is 10.2 Å². The highest BCUT2D eigenvalue weighted by atomic mass is 32.1. The minimum atomic E-state index is -0.440. The Morgan fingerprint density at radius 1 is 1.40 bits per heavy atom. The Bertz CT molecular complexity index is 428. The van der Waals surface area contributed by atoms with Crippen molar-refractivity contribution in [3.8, 4) is 0 Å². The van der Waals surface area contributed by atoms with Crippen molar-refractivity contribution in [2.24, 2.45) is 0 Å². The van der Waals surface area contributed by atoms with Crippen molar-refractivity contribution >= 4 is 17.2 Å². The molecular weight excluding hydrogens is 211 g/mol. The zero-order chi connectivity index (χ0) is 10.7. The number of anilines is 1. The number of nitrogens with zero attached hydrogens (tertiary/aromatic N) is 2. The minimum Gasteiger partial charge on any atom is -0.355 e. The highest BCUT2D eigenvalue weighted by Gasteiger charge is 2.04. The summed E-state index contributed by atoms with van der Waals surface area (Å²) in [5.41, 5.74) is 1.22. The van der Waals surface area contributed by atoms with E-state index in [4.69, 9.17) is 0 Å². The molecule has 0 aliphatic rings. The molecule has 0 radical (unpaired) electrons. The first-order valence-corrected chi connectivity index (χ1v) is 5.55. The summed E-state index contributed by atoms with van der Waals surface area (Å²) < 4.78 is 12.9. The van der Waals surface area contributed by atoms with Gasteiger partial charge in [-0.3, -0.25) is 0 Å². The largest absolute Gasteiger partial charge is 0.355 e. The molecule has 78 valence electrons. The van der Waals surface area contributed by atoms with Crippen LogP contribution in [0.25, 0.3) is 0 Å². The second kappa shape index (κ2) is 4.40. The van der Waals surface area contributed by atoms with E-state index in [0.717, 1.165) is 6.54 Å². The van der Waals surface area contributed by atoms with Crippen LogP contribution >= 0.6 is 11.3 Å². The molecule has 2 heterocycles. The molecule has 0 fully saturated rings. The lowest BCUT2D eigenvalue weighted by Crippen LogP contribution is -2.17. The molecule has 2 aromatic rings. The van der Waals surface area contributed by atoms with Gasteiger partial charge in [-0.1, -0.05) is 6.07 Å². The van der Waals surface area contributed by atoms with Crippen LogP contribution in [0.2, 0.25) is 0 Å². The second-order valence-electron chi connectivity index (χ2n) is 3.31. The number of hydrogen-bond donors (Lipinski definition) is 0. The van der Waals surface area contributed by atoms with E-state index in [9.17, 15) is 4.39 Å². The molecule has 0 aliphatic carbocycles. The lowest BCUT2D eigenvalue weighted by Gasteiger charge is -2.16. The van der Waals surface area contributed by atoms with E-state index in [1.54, 1.807) is 23.5 Å². The number of rotatable bonds is 3. The molecule has 15 heavy (non-hydrogen) atoms. The van der Waals surface area contributed by atoms with Gasteiger partial charge in [0, 0.05) is 13.6 Å². The molecule has 0 saturated heterocycles. The molecule has 0 bridgehead atoms. The molecule has 0 aromatic carbocycles. The van der Waals surface area contributed by atoms with Crippen molar-refractivity contribution in [2.45, 2.75) is 6.54 Å². The summed E-state index contributed by atoms with van der Waals surface area (Å²) >= 11 is 1.66. The molecule has 0 atom stereocenters. The van der Waals surface area contributed by atoms with Crippen LogP contribution in [0, 0.1) is 5.95 Å². The van der Waals surface area contributed by atoms with E-state index in [-0.39, 0.29) is 0 Å². The number of aromatic nitrogens is 1. The molecule has 2 aromatic heterocycles. The summed E-state index contributed by atoms with van der Waals surface area (Å²) in [5, 5.41) is 4.11. The fourth-order valence-electron chi connectivity index (χ4n) is 1.35. The minimum absolute atomic E-state index is 0.440. The van der Waals surface area contributed by atoms with Gasteiger partial charge in [0.05, 0.1) is 0 Å². The fraction of sp³-hybridized carbons (Fsp3) is 0.182. The van der Waals surface area contributed by atoms with Crippen LogP contribution in [-0.4, -0.2) is 12.0 Å². The number of thiophene rings is 1. The van der Waals surface area contributed by atoms with Gasteiger partial charge in [-0.15, -0.1) is 0 Å². The number of pyridine rings is 1. The molecule has 0 amide bonds. The lowest BCUT2D eigenvalue weighted by atomic mass is 10.3. The first-order valence-electron chi connectivity index (χ1n) is 4.60. The second-order valence-corrected chi connectivity index (χ2v) is 4.09. The van der Waals surface area contributed by atoms with Gasteiger partial charge in [-0.05, 0) is 34.5 Å². The first-order chi connectivity index (χ1) is 7.25. The Morgan fingerprint density at radius 2 is 2.27 bits per heavy atom. The van der Waals surface area contributed by atoms with Gasteiger partial charge in [0.25, 0.3) is 0 Å². The van der Waals surface area contributed by atoms with Crippen LogP contribution in [0.1, 0.15) is 5.56 Å². The van der Waals surface area contributed by atoms with E-state index in [1.165, 1.54) is 11.6 Å². The maximum atomic E-state index is 12.9. The lowest BCUT2D eigenvalue weighted by molar-refractivity contribution is 0.582. The maximum absolute atomic E-state index is 12.9. The van der Waals surface area contributed by atoms with Crippen LogP contribution in [-0.2, 0) is 6.54 Å². The number of hydrogen-bond acceptors (Lipinski definition) is 3. The van der Waals surface area contributed by atoms with E-state index in [2.05, 4.69) is 16.4 Å². The summed E-state index contributed by atoms with van der Waals surface area (Å²) in [5.74, 6) is 0.214. The Kier molecular flexibility index (Phi) is 2.97. The van der Waals surface area contributed by atoms with Gasteiger partial charge < -0.3 is 4.90 Å². The summed E-state index contributed by atoms with van der Waals surface area (Å²) in [4.78, 5) is 5.74. The predicted molar refractivity (Wildman–Crippen MR) is 60.6 cm³/mol. The molecule has 4 heteroatoms. The normalized spacial score (nSPS) is 10.3. The van der Waals surface area contributed by atoms with E-state index in [0.29, 0.717) is 5.82 Å². The third kappa shape index (κ3) is 2.53. The average molecular weight is 222 g/mol. The summed E-state index contributed by atoms with van der Waals surface area (Å²) in [7, 11) is 1.90. The molecule has 0 saturated carbocycles. The van der Waals surface area contributed by atoms with Crippen LogP contribution < -0.4 is 4.90 Å². The van der Waals surface area contributed by atoms with Gasteiger partial charge in [0.2, 0.25) is 5.95 Å². The van der Waals surface area contributed by atoms with Gasteiger partial charge in [0.1, 0.15) is 5.82 Å². The molecule has 2 nitrogen and oxygen atoms in total. The van der Waals surface area contributed by atoms with Crippen molar-refractivity contribution in [3.63, 3.8) is 0 Å². The fourth-order valence-corrected chi connectivity index (χ4v) is 2.01. The highest BCUT2D eigenvalue weighted by Crippen LogP contribution is 2.14. The molecule has 0 N–H and O–H groups in total. The Hall–Kier alpha value is -1.42. The zero-order valence-corrected chi connectivity index (χ0v) is 9.17. The van der Waals surface area contributed by atoms with E-state index < -0.39 is 5.95 Å². The summed E-state index contributed by atoms with van der Waals surface area (Å²) in [6.45, 7) is 0.750. The topological polar surface area (TPSA) is 16.1 Å². The van der Waals surface area contributed by atoms with Gasteiger partial charge in [-0.2, -0.15) is 15.7 Å². The Balaban J connectivity index is 2.11. The highest BCUT2D eigenvalue weighted by molar-refractivity contribution is 7.07. The maximum Gasteiger partial charge on any atom is 0.214 e. The quantitative estimate of drug-likeness (QED) is 0.742. The third-order valence-electron chi connectivity index (χ3n) is 2.09. The summed E-state index contributed by atoms with van der Waals surface area (Å²) in [6, 6.07) is 6.87. The molecule has 0 spiro atoms. The Morgan fingerprint density at radius 3 is 2.93 bits per heavy atom. The standard InChI is InChI=1S/C11H11FN2S/c1-14(7-9-5-6-15-8-9)11-4-2-3-10(12)13-11/h2-6,8H,7H2,1H3. The SMILES string of the molecule is CN(Cc1ccsc1)c1cccc(F)n1. The molecule has 0 unspecified atom stereocenters. The molecule has 0 aliphatic heterocycles. The summed E-state index contributed by atoms with van der Waals surface area (Å²) in [6.07, 6.45) is 0. The zero-order valence-electron chi connectivity index (χ0n) is 8.35. The van der Waals surface area contributed by atoms with E-state index in [1.807, 2.05) is 17.3 Å². The monoisotopic (exact) mass is 222 g/mol. The molecule has 2 rings (SSSR count). The third-order valence-corrected chi connectivity index (χ3v) is 2.82. The van der Waals surface area contributed by atoms with Crippen molar-refractivity contribution in [3.05, 3.63) is 46.5 Å². The number of halogens is 1. The smallest absolute Gasteiger partial charge is 0.214 e. The van der Waals surface area contributed by atoms with Crippen LogP contribution in [0.3, 0.4) is 0 Å². The Labute approximate surface area is 92.0 Å². The molecular formula is C11H11FN2S. The average Bonchev–Trinajstić information content (AvgIpc) is 2.70. The van der Waals surface area contributed by atoms with Crippen LogP contribution in [0.15, 0.2) is 35.0 Å². The first kappa shape index (κ1) is 10.1. The van der Waals surface area contributed by atoms with Gasteiger partial charge >= 0.3 is 0 Å². The van der Waals surface area contributed by atoms with Crippen molar-refractivity contribution in [1.82, 2.24) is 4.98 Å². The van der Waals surface area contributed by atoms with Gasteiger partial charge in [0.15, 0.2) is 0 Å². The van der Waals surface area contributed by atoms with Crippen molar-refractivity contribution < 1.29 is 4.39 Å². The van der Waals surface area contributed by atoms with E-state index >= 15 is 0 Å². The van der Waals surface area contributed by atoms with Gasteiger partial charge in [-0.25, -0.2) is 4.98 Å². The van der Waals surface area contributed by atoms with Crippen LogP contribution in [0.5, 0.6) is 0 Å². The predicted octanol–water partition coefficient (Wildman–Crippen LogP) is 2.92. The van der Waals surface area contributed by atoms with Crippen molar-refractivity contribution in [2.75, 3.05) is 11.9 Å². The van der Waals surface area contributed by atoms with Crippen molar-refractivity contribution in [1.29, 1.82) is 0 Å².